The van der Waals surface area contributed by atoms with Crippen molar-refractivity contribution >= 4 is 29.0 Å². The number of ether oxygens (including phenoxy) is 3. The molecule has 10 nitrogen and oxygen atoms in total. The molecule has 0 bridgehead atoms. The van der Waals surface area contributed by atoms with Gasteiger partial charge in [0.15, 0.2) is 5.75 Å². The van der Waals surface area contributed by atoms with Crippen LogP contribution in [0.3, 0.4) is 0 Å². The first kappa shape index (κ1) is 24.1. The van der Waals surface area contributed by atoms with E-state index < -0.39 is 41.1 Å². The molecular formula is C18H22F3N3O7S. The first-order valence-electron chi connectivity index (χ1n) is 9.72. The van der Waals surface area contributed by atoms with E-state index in [4.69, 9.17) is 14.0 Å². The summed E-state index contributed by atoms with van der Waals surface area (Å²) >= 11 is -2.64. The van der Waals surface area contributed by atoms with Crippen molar-refractivity contribution in [3.8, 4) is 5.75 Å². The Balaban J connectivity index is 1.61. The predicted octanol–water partition coefficient (Wildman–Crippen LogP) is 2.21. The van der Waals surface area contributed by atoms with Gasteiger partial charge in [-0.1, -0.05) is 0 Å². The molecule has 32 heavy (non-hydrogen) atoms. The summed E-state index contributed by atoms with van der Waals surface area (Å²) < 4.78 is 74.3. The minimum atomic E-state index is -5.06. The zero-order chi connectivity index (χ0) is 23.3. The molecule has 14 heteroatoms. The first-order valence-corrected chi connectivity index (χ1v) is 10.8. The van der Waals surface area contributed by atoms with Crippen LogP contribution in [0.4, 0.5) is 23.7 Å². The zero-order valence-corrected chi connectivity index (χ0v) is 17.6. The van der Waals surface area contributed by atoms with Crippen LogP contribution in [-0.4, -0.2) is 82.4 Å². The van der Waals surface area contributed by atoms with E-state index in [1.807, 2.05) is 4.72 Å². The monoisotopic (exact) mass is 481 g/mol. The maximum absolute atomic E-state index is 12.8. The number of hydrogen-bond acceptors (Lipinski definition) is 6. The van der Waals surface area contributed by atoms with Crippen LogP contribution < -0.4 is 9.46 Å². The minimum absolute atomic E-state index is 0.100. The number of carbonyl (C=O) groups is 2. The fraction of sp³-hybridized carbons (Fsp3) is 0.556. The molecule has 2 aliphatic rings. The van der Waals surface area contributed by atoms with Gasteiger partial charge in [-0.15, -0.1) is 13.2 Å². The van der Waals surface area contributed by atoms with Gasteiger partial charge in [0.2, 0.25) is 0 Å². The average molecular weight is 481 g/mol. The van der Waals surface area contributed by atoms with Crippen LogP contribution in [0.5, 0.6) is 5.75 Å². The Kier molecular flexibility index (Phi) is 7.79. The lowest BCUT2D eigenvalue weighted by Gasteiger charge is -2.35. The minimum Gasteiger partial charge on any atom is -0.446 e. The summed E-state index contributed by atoms with van der Waals surface area (Å²) in [5.41, 5.74) is -0.503. The van der Waals surface area contributed by atoms with Crippen LogP contribution >= 0.6 is 0 Å². The van der Waals surface area contributed by atoms with Gasteiger partial charge in [0.1, 0.15) is 6.10 Å². The number of piperazine rings is 1. The highest BCUT2D eigenvalue weighted by molar-refractivity contribution is 7.80. The van der Waals surface area contributed by atoms with Gasteiger partial charge in [-0.2, -0.15) is 0 Å². The summed E-state index contributed by atoms with van der Waals surface area (Å²) in [6.07, 6.45) is -4.49. The molecular weight excluding hydrogens is 459 g/mol. The van der Waals surface area contributed by atoms with Crippen molar-refractivity contribution in [2.45, 2.75) is 25.3 Å². The van der Waals surface area contributed by atoms with Gasteiger partial charge in [0.25, 0.3) is 17.2 Å². The van der Waals surface area contributed by atoms with Crippen LogP contribution in [0.25, 0.3) is 0 Å². The number of anilines is 1. The van der Waals surface area contributed by atoms with Gasteiger partial charge in [0, 0.05) is 44.6 Å². The Morgan fingerprint density at radius 1 is 1.12 bits per heavy atom. The highest BCUT2D eigenvalue weighted by Crippen LogP contribution is 2.32. The predicted molar refractivity (Wildman–Crippen MR) is 105 cm³/mol. The summed E-state index contributed by atoms with van der Waals surface area (Å²) in [7, 11) is 0. The Labute approximate surface area is 184 Å². The molecule has 2 heterocycles. The number of nitrogens with one attached hydrogen (secondary N) is 1. The summed E-state index contributed by atoms with van der Waals surface area (Å²) in [5.74, 6) is -1.38. The molecule has 0 aromatic heterocycles. The van der Waals surface area contributed by atoms with Gasteiger partial charge < -0.3 is 24.0 Å². The van der Waals surface area contributed by atoms with Crippen molar-refractivity contribution in [2.24, 2.45) is 0 Å². The van der Waals surface area contributed by atoms with Gasteiger partial charge in [-0.05, 0) is 18.2 Å². The Bertz CT molecular complexity index is 857. The number of amides is 2. The molecule has 1 aromatic rings. The van der Waals surface area contributed by atoms with Gasteiger partial charge in [-0.3, -0.25) is 14.1 Å². The van der Waals surface area contributed by atoms with Crippen LogP contribution in [0.1, 0.15) is 23.2 Å². The van der Waals surface area contributed by atoms with Crippen molar-refractivity contribution in [2.75, 3.05) is 44.1 Å². The van der Waals surface area contributed by atoms with Gasteiger partial charge >= 0.3 is 12.5 Å². The number of halogens is 3. The summed E-state index contributed by atoms with van der Waals surface area (Å²) in [6, 6.07) is 3.10. The molecule has 2 aliphatic heterocycles. The van der Waals surface area contributed by atoms with E-state index in [-0.39, 0.29) is 37.8 Å². The lowest BCUT2D eigenvalue weighted by Crippen LogP contribution is -2.51. The third kappa shape index (κ3) is 6.71. The smallest absolute Gasteiger partial charge is 0.446 e. The van der Waals surface area contributed by atoms with E-state index in [1.54, 1.807) is 0 Å². The maximum Gasteiger partial charge on any atom is 0.573 e. The van der Waals surface area contributed by atoms with Crippen molar-refractivity contribution in [3.05, 3.63) is 23.8 Å². The molecule has 0 radical (unpaired) electrons. The number of hydrogen-bond donors (Lipinski definition) is 2. The van der Waals surface area contributed by atoms with Crippen LogP contribution in [-0.2, 0) is 20.7 Å². The molecule has 0 spiro atoms. The fourth-order valence-corrected chi connectivity index (χ4v) is 3.69. The molecule has 2 N–H and O–H groups in total. The maximum atomic E-state index is 12.8. The number of benzene rings is 1. The fourth-order valence-electron chi connectivity index (χ4n) is 3.33. The SMILES string of the molecule is O=C(OC1CCOCC1)N1CCN(C(=O)c2ccc(NS(=O)O)c(OC(F)(F)F)c2)CC1. The molecule has 1 aromatic carbocycles. The van der Waals surface area contributed by atoms with Crippen molar-refractivity contribution in [1.29, 1.82) is 0 Å². The third-order valence-electron chi connectivity index (χ3n) is 4.91. The lowest BCUT2D eigenvalue weighted by molar-refractivity contribution is -0.274. The average Bonchev–Trinajstić information content (AvgIpc) is 2.74. The molecule has 1 unspecified atom stereocenters. The molecule has 3 rings (SSSR count). The highest BCUT2D eigenvalue weighted by atomic mass is 32.2. The molecule has 1 atom stereocenters. The standard InChI is InChI=1S/C18H22F3N3O7S/c19-18(20,21)31-15-11-12(1-2-14(15)22-32(27)28)16(25)23-5-7-24(8-6-23)17(26)30-13-3-9-29-10-4-13/h1-2,11,13,22H,3-10H2,(H,27,28). The van der Waals surface area contributed by atoms with E-state index in [2.05, 4.69) is 4.74 Å². The number of carbonyl (C=O) groups excluding carboxylic acids is 2. The van der Waals surface area contributed by atoms with Gasteiger partial charge in [-0.25, -0.2) is 9.00 Å². The summed E-state index contributed by atoms with van der Waals surface area (Å²) in [6.45, 7) is 1.81. The van der Waals surface area contributed by atoms with Crippen LogP contribution in [0.2, 0.25) is 0 Å². The zero-order valence-electron chi connectivity index (χ0n) is 16.8. The van der Waals surface area contributed by atoms with E-state index in [9.17, 15) is 27.0 Å². The summed E-state index contributed by atoms with van der Waals surface area (Å²) in [4.78, 5) is 27.9. The van der Waals surface area contributed by atoms with E-state index in [0.29, 0.717) is 26.1 Å². The number of rotatable bonds is 5. The second-order valence-electron chi connectivity index (χ2n) is 7.08. The van der Waals surface area contributed by atoms with E-state index in [0.717, 1.165) is 12.1 Å². The Morgan fingerprint density at radius 3 is 2.34 bits per heavy atom. The van der Waals surface area contributed by atoms with Crippen molar-refractivity contribution in [1.82, 2.24) is 9.80 Å². The highest BCUT2D eigenvalue weighted by Gasteiger charge is 2.33. The lowest BCUT2D eigenvalue weighted by atomic mass is 10.1. The third-order valence-corrected chi connectivity index (χ3v) is 5.31. The second-order valence-corrected chi connectivity index (χ2v) is 7.79. The number of nitrogens with zero attached hydrogens (tertiary/aromatic N) is 2. The van der Waals surface area contributed by atoms with Gasteiger partial charge in [0.05, 0.1) is 18.9 Å². The first-order chi connectivity index (χ1) is 15.1. The van der Waals surface area contributed by atoms with E-state index >= 15 is 0 Å². The van der Waals surface area contributed by atoms with E-state index in [1.165, 1.54) is 15.9 Å². The molecule has 2 amide bonds. The molecule has 2 fully saturated rings. The van der Waals surface area contributed by atoms with Crippen molar-refractivity contribution in [3.63, 3.8) is 0 Å². The van der Waals surface area contributed by atoms with Crippen LogP contribution in [0, 0.1) is 0 Å². The topological polar surface area (TPSA) is 118 Å². The largest absolute Gasteiger partial charge is 0.573 e. The van der Waals surface area contributed by atoms with Crippen molar-refractivity contribution < 1.29 is 45.7 Å². The molecule has 2 saturated heterocycles. The normalized spacial score (nSPS) is 18.8. The molecule has 0 saturated carbocycles. The van der Waals surface area contributed by atoms with Crippen LogP contribution in [0.15, 0.2) is 18.2 Å². The summed E-state index contributed by atoms with van der Waals surface area (Å²) in [5, 5.41) is 0. The Morgan fingerprint density at radius 2 is 1.75 bits per heavy atom. The molecule has 0 aliphatic carbocycles. The quantitative estimate of drug-likeness (QED) is 0.619. The molecule has 178 valence electrons. The number of alkyl halides is 3. The Hall–Kier alpha value is -2.58. The second kappa shape index (κ2) is 10.4.